The first-order valence-electron chi connectivity index (χ1n) is 7.00. The lowest BCUT2D eigenvalue weighted by molar-refractivity contribution is 0.191. The average molecular weight is 335 g/mol. The predicted octanol–water partition coefficient (Wildman–Crippen LogP) is 2.67. The van der Waals surface area contributed by atoms with Crippen molar-refractivity contribution in [3.05, 3.63) is 29.0 Å². The number of nitrogens with one attached hydrogen (secondary N) is 1. The molecule has 1 aromatic rings. The molecule has 2 atom stereocenters. The van der Waals surface area contributed by atoms with Gasteiger partial charge in [-0.2, -0.15) is 0 Å². The third-order valence-corrected chi connectivity index (χ3v) is 6.16. The number of nitrogens with two attached hydrogens (primary N) is 1. The Balaban J connectivity index is 2.35. The molecule has 0 aliphatic heterocycles. The molecule has 7 heteroatoms. The van der Waals surface area contributed by atoms with E-state index in [0.29, 0.717) is 6.42 Å². The van der Waals surface area contributed by atoms with E-state index in [9.17, 15) is 12.8 Å². The van der Waals surface area contributed by atoms with Gasteiger partial charge in [-0.1, -0.05) is 31.4 Å². The standard InChI is InChI=1S/C14H20ClFN2O2S/c1-10-4-2-3-7-14(10,9-17)18-21(19,20)13-6-5-11(15)8-12(13)16/h5-6,8,10,18H,2-4,7,9,17H2,1H3. The number of hydrogen-bond acceptors (Lipinski definition) is 3. The van der Waals surface area contributed by atoms with Crippen LogP contribution >= 0.6 is 11.6 Å². The molecule has 0 radical (unpaired) electrons. The maximum Gasteiger partial charge on any atom is 0.244 e. The highest BCUT2D eigenvalue weighted by Gasteiger charge is 2.41. The molecule has 2 unspecified atom stereocenters. The second-order valence-corrected chi connectivity index (χ2v) is 7.77. The zero-order valence-electron chi connectivity index (χ0n) is 11.9. The second kappa shape index (κ2) is 6.20. The molecule has 0 amide bonds. The van der Waals surface area contributed by atoms with E-state index in [1.54, 1.807) is 0 Å². The van der Waals surface area contributed by atoms with Crippen LogP contribution in [0.2, 0.25) is 5.02 Å². The van der Waals surface area contributed by atoms with E-state index in [4.69, 9.17) is 17.3 Å². The summed E-state index contributed by atoms with van der Waals surface area (Å²) in [7, 11) is -3.97. The predicted molar refractivity (Wildman–Crippen MR) is 81.1 cm³/mol. The summed E-state index contributed by atoms with van der Waals surface area (Å²) in [5.74, 6) is -0.743. The lowest BCUT2D eigenvalue weighted by Crippen LogP contribution is -2.59. The van der Waals surface area contributed by atoms with E-state index in [-0.39, 0.29) is 17.5 Å². The SMILES string of the molecule is CC1CCCCC1(CN)NS(=O)(=O)c1ccc(Cl)cc1F. The van der Waals surface area contributed by atoms with Crippen molar-refractivity contribution < 1.29 is 12.8 Å². The van der Waals surface area contributed by atoms with Crippen molar-refractivity contribution in [3.63, 3.8) is 0 Å². The number of benzene rings is 1. The van der Waals surface area contributed by atoms with Crippen LogP contribution in [-0.4, -0.2) is 20.5 Å². The number of rotatable bonds is 4. The van der Waals surface area contributed by atoms with Crippen LogP contribution in [-0.2, 0) is 10.0 Å². The Morgan fingerprint density at radius 2 is 2.19 bits per heavy atom. The first kappa shape index (κ1) is 16.7. The molecule has 0 bridgehead atoms. The van der Waals surface area contributed by atoms with Crippen molar-refractivity contribution in [3.8, 4) is 0 Å². The van der Waals surface area contributed by atoms with E-state index in [0.717, 1.165) is 25.3 Å². The zero-order valence-corrected chi connectivity index (χ0v) is 13.5. The van der Waals surface area contributed by atoms with Crippen LogP contribution in [0.15, 0.2) is 23.1 Å². The molecule has 1 saturated carbocycles. The van der Waals surface area contributed by atoms with E-state index in [1.165, 1.54) is 12.1 Å². The van der Waals surface area contributed by atoms with E-state index < -0.39 is 26.3 Å². The summed E-state index contributed by atoms with van der Waals surface area (Å²) in [6, 6.07) is 3.53. The molecule has 4 nitrogen and oxygen atoms in total. The molecule has 0 saturated heterocycles. The monoisotopic (exact) mass is 334 g/mol. The zero-order chi connectivity index (χ0) is 15.7. The highest BCUT2D eigenvalue weighted by atomic mass is 35.5. The lowest BCUT2D eigenvalue weighted by Gasteiger charge is -2.42. The van der Waals surface area contributed by atoms with Gasteiger partial charge < -0.3 is 5.73 Å². The van der Waals surface area contributed by atoms with E-state index in [2.05, 4.69) is 4.72 Å². The quantitative estimate of drug-likeness (QED) is 0.889. The Kier molecular flexibility index (Phi) is 4.92. The van der Waals surface area contributed by atoms with Gasteiger partial charge in [0, 0.05) is 17.1 Å². The summed E-state index contributed by atoms with van der Waals surface area (Å²) in [4.78, 5) is -0.391. The van der Waals surface area contributed by atoms with Crippen molar-refractivity contribution in [2.75, 3.05) is 6.54 Å². The summed E-state index contributed by atoms with van der Waals surface area (Å²) in [5, 5.41) is 0.158. The first-order chi connectivity index (χ1) is 9.81. The summed E-state index contributed by atoms with van der Waals surface area (Å²) in [5.41, 5.74) is 5.13. The molecule has 118 valence electrons. The van der Waals surface area contributed by atoms with Crippen molar-refractivity contribution in [1.29, 1.82) is 0 Å². The molecular formula is C14H20ClFN2O2S. The molecule has 2 rings (SSSR count). The van der Waals surface area contributed by atoms with Crippen LogP contribution < -0.4 is 10.5 Å². The highest BCUT2D eigenvalue weighted by molar-refractivity contribution is 7.89. The lowest BCUT2D eigenvalue weighted by atomic mass is 9.74. The Bertz CT molecular complexity index is 623. The largest absolute Gasteiger partial charge is 0.329 e. The third-order valence-electron chi connectivity index (χ3n) is 4.34. The van der Waals surface area contributed by atoms with E-state index in [1.807, 2.05) is 6.92 Å². The van der Waals surface area contributed by atoms with Crippen LogP contribution in [0.1, 0.15) is 32.6 Å². The summed E-state index contributed by atoms with van der Waals surface area (Å²) in [6.07, 6.45) is 3.54. The van der Waals surface area contributed by atoms with Crippen LogP contribution in [0.3, 0.4) is 0 Å². The average Bonchev–Trinajstić information content (AvgIpc) is 2.40. The maximum absolute atomic E-state index is 13.9. The first-order valence-corrected chi connectivity index (χ1v) is 8.86. The summed E-state index contributed by atoms with van der Waals surface area (Å²) >= 11 is 5.66. The van der Waals surface area contributed by atoms with Gasteiger partial charge in [-0.05, 0) is 37.0 Å². The van der Waals surface area contributed by atoms with Crippen molar-refractivity contribution in [1.82, 2.24) is 4.72 Å². The fourth-order valence-electron chi connectivity index (χ4n) is 2.93. The molecule has 21 heavy (non-hydrogen) atoms. The van der Waals surface area contributed by atoms with Gasteiger partial charge in [0.25, 0.3) is 0 Å². The smallest absolute Gasteiger partial charge is 0.244 e. The van der Waals surface area contributed by atoms with Crippen LogP contribution in [0, 0.1) is 11.7 Å². The van der Waals surface area contributed by atoms with Gasteiger partial charge >= 0.3 is 0 Å². The molecule has 1 aromatic carbocycles. The van der Waals surface area contributed by atoms with Crippen molar-refractivity contribution in [2.45, 2.75) is 43.0 Å². The molecular weight excluding hydrogens is 315 g/mol. The van der Waals surface area contributed by atoms with Gasteiger partial charge in [0.05, 0.1) is 0 Å². The maximum atomic E-state index is 13.9. The minimum absolute atomic E-state index is 0.112. The minimum atomic E-state index is -3.97. The molecule has 0 aromatic heterocycles. The molecule has 3 N–H and O–H groups in total. The molecule has 1 aliphatic rings. The van der Waals surface area contributed by atoms with Gasteiger partial charge in [-0.3, -0.25) is 0 Å². The van der Waals surface area contributed by atoms with E-state index >= 15 is 0 Å². The van der Waals surface area contributed by atoms with Crippen molar-refractivity contribution >= 4 is 21.6 Å². The van der Waals surface area contributed by atoms with Crippen LogP contribution in [0.5, 0.6) is 0 Å². The van der Waals surface area contributed by atoms with Gasteiger partial charge in [0.2, 0.25) is 10.0 Å². The van der Waals surface area contributed by atoms with Gasteiger partial charge in [0.1, 0.15) is 10.7 Å². The summed E-state index contributed by atoms with van der Waals surface area (Å²) in [6.45, 7) is 2.18. The summed E-state index contributed by atoms with van der Waals surface area (Å²) < 4.78 is 41.5. The number of sulfonamides is 1. The van der Waals surface area contributed by atoms with Gasteiger partial charge in [-0.15, -0.1) is 0 Å². The number of halogens is 2. The normalized spacial score (nSPS) is 26.8. The van der Waals surface area contributed by atoms with Crippen LogP contribution in [0.4, 0.5) is 4.39 Å². The minimum Gasteiger partial charge on any atom is -0.329 e. The Morgan fingerprint density at radius 1 is 1.48 bits per heavy atom. The van der Waals surface area contributed by atoms with Crippen molar-refractivity contribution in [2.24, 2.45) is 11.7 Å². The Hall–Kier alpha value is -0.690. The molecule has 1 aliphatic carbocycles. The fraction of sp³-hybridized carbons (Fsp3) is 0.571. The molecule has 0 spiro atoms. The fourth-order valence-corrected chi connectivity index (χ4v) is 4.68. The van der Waals surface area contributed by atoms with Gasteiger partial charge in [0.15, 0.2) is 0 Å². The molecule has 1 fully saturated rings. The second-order valence-electron chi connectivity index (χ2n) is 5.69. The Labute approximate surface area is 129 Å². The number of hydrogen-bond donors (Lipinski definition) is 2. The van der Waals surface area contributed by atoms with Gasteiger partial charge in [-0.25, -0.2) is 17.5 Å². The topological polar surface area (TPSA) is 72.2 Å². The van der Waals surface area contributed by atoms with Crippen LogP contribution in [0.25, 0.3) is 0 Å². The Morgan fingerprint density at radius 3 is 2.76 bits per heavy atom. The highest BCUT2D eigenvalue weighted by Crippen LogP contribution is 2.34. The third kappa shape index (κ3) is 3.39. The molecule has 0 heterocycles.